The number of benzene rings is 1. The minimum absolute atomic E-state index is 0.870. The van der Waals surface area contributed by atoms with Gasteiger partial charge in [0.05, 0.1) is 11.4 Å². The summed E-state index contributed by atoms with van der Waals surface area (Å²) >= 11 is 3.63. The molecule has 0 saturated carbocycles. The summed E-state index contributed by atoms with van der Waals surface area (Å²) in [5.74, 6) is 0. The highest BCUT2D eigenvalue weighted by Gasteiger charge is 2.11. The van der Waals surface area contributed by atoms with Crippen molar-refractivity contribution in [2.24, 2.45) is 0 Å². The maximum absolute atomic E-state index is 4.59. The van der Waals surface area contributed by atoms with Crippen LogP contribution in [0.25, 0.3) is 5.69 Å². The van der Waals surface area contributed by atoms with Crippen molar-refractivity contribution < 1.29 is 0 Å². The molecule has 3 nitrogen and oxygen atoms in total. The molecule has 0 fully saturated rings. The molecule has 0 saturated heterocycles. The molecule has 0 aliphatic heterocycles. The van der Waals surface area contributed by atoms with Gasteiger partial charge in [-0.2, -0.15) is 5.10 Å². The van der Waals surface area contributed by atoms with Crippen LogP contribution in [0.4, 0.5) is 0 Å². The van der Waals surface area contributed by atoms with Gasteiger partial charge >= 0.3 is 0 Å². The van der Waals surface area contributed by atoms with Gasteiger partial charge in [-0.15, -0.1) is 0 Å². The predicted molar refractivity (Wildman–Crippen MR) is 78.2 cm³/mol. The van der Waals surface area contributed by atoms with Gasteiger partial charge in [0.2, 0.25) is 0 Å². The van der Waals surface area contributed by atoms with Crippen molar-refractivity contribution >= 4 is 15.9 Å². The second-order valence-electron chi connectivity index (χ2n) is 4.52. The van der Waals surface area contributed by atoms with Crippen LogP contribution in [0.15, 0.2) is 22.7 Å². The van der Waals surface area contributed by atoms with Crippen LogP contribution in [0.2, 0.25) is 0 Å². The number of nitrogens with one attached hydrogen (secondary N) is 1. The van der Waals surface area contributed by atoms with Crippen LogP contribution in [0.3, 0.4) is 0 Å². The Morgan fingerprint density at radius 1 is 1.28 bits per heavy atom. The maximum Gasteiger partial charge on any atom is 0.0791 e. The van der Waals surface area contributed by atoms with Crippen LogP contribution >= 0.6 is 15.9 Å². The van der Waals surface area contributed by atoms with Crippen LogP contribution in [0.1, 0.15) is 22.5 Å². The first kappa shape index (κ1) is 13.3. The Balaban J connectivity index is 2.48. The van der Waals surface area contributed by atoms with E-state index in [9.17, 15) is 0 Å². The zero-order valence-electron chi connectivity index (χ0n) is 11.2. The molecule has 4 heteroatoms. The fourth-order valence-corrected chi connectivity index (χ4v) is 2.59. The third kappa shape index (κ3) is 2.35. The summed E-state index contributed by atoms with van der Waals surface area (Å²) in [5, 5.41) is 7.74. The Hall–Kier alpha value is -1.13. The van der Waals surface area contributed by atoms with Crippen molar-refractivity contribution in [2.45, 2.75) is 27.3 Å². The molecule has 18 heavy (non-hydrogen) atoms. The Bertz CT molecular complexity index is 573. The van der Waals surface area contributed by atoms with Crippen molar-refractivity contribution in [3.05, 3.63) is 45.2 Å². The molecule has 0 aliphatic carbocycles. The van der Waals surface area contributed by atoms with E-state index in [2.05, 4.69) is 58.4 Å². The van der Waals surface area contributed by atoms with Gasteiger partial charge in [0, 0.05) is 16.7 Å². The van der Waals surface area contributed by atoms with Crippen molar-refractivity contribution in [2.75, 3.05) is 7.05 Å². The minimum atomic E-state index is 0.870. The number of aromatic nitrogens is 2. The molecule has 1 aromatic heterocycles. The molecule has 0 aliphatic rings. The minimum Gasteiger partial charge on any atom is -0.316 e. The lowest BCUT2D eigenvalue weighted by Crippen LogP contribution is -2.06. The van der Waals surface area contributed by atoms with Gasteiger partial charge < -0.3 is 5.32 Å². The third-order valence-electron chi connectivity index (χ3n) is 3.27. The number of halogens is 1. The number of hydrogen-bond acceptors (Lipinski definition) is 2. The highest BCUT2D eigenvalue weighted by molar-refractivity contribution is 9.10. The number of rotatable bonds is 3. The SMILES string of the molecule is CNCc1ccc(-n2nc(C)c(C)c2C)c(Br)c1. The molecule has 2 rings (SSSR count). The van der Waals surface area contributed by atoms with E-state index in [0.29, 0.717) is 0 Å². The smallest absolute Gasteiger partial charge is 0.0791 e. The molecule has 1 aromatic carbocycles. The summed E-state index contributed by atoms with van der Waals surface area (Å²) in [6.07, 6.45) is 0. The van der Waals surface area contributed by atoms with Gasteiger partial charge in [-0.1, -0.05) is 6.07 Å². The van der Waals surface area contributed by atoms with E-state index < -0.39 is 0 Å². The molecule has 0 atom stereocenters. The average molecular weight is 308 g/mol. The number of nitrogens with zero attached hydrogens (tertiary/aromatic N) is 2. The molecule has 1 N–H and O–H groups in total. The maximum atomic E-state index is 4.59. The summed E-state index contributed by atoms with van der Waals surface area (Å²) in [7, 11) is 1.95. The largest absolute Gasteiger partial charge is 0.316 e. The van der Waals surface area contributed by atoms with Crippen LogP contribution in [0.5, 0.6) is 0 Å². The first-order valence-electron chi connectivity index (χ1n) is 6.00. The van der Waals surface area contributed by atoms with E-state index in [1.807, 2.05) is 18.7 Å². The van der Waals surface area contributed by atoms with Crippen LogP contribution < -0.4 is 5.32 Å². The lowest BCUT2D eigenvalue weighted by Gasteiger charge is -2.09. The van der Waals surface area contributed by atoms with Crippen molar-refractivity contribution in [1.29, 1.82) is 0 Å². The quantitative estimate of drug-likeness (QED) is 0.943. The zero-order chi connectivity index (χ0) is 13.3. The molecule has 0 spiro atoms. The van der Waals surface area contributed by atoms with Gasteiger partial charge in [0.1, 0.15) is 0 Å². The Labute approximate surface area is 116 Å². The molecule has 0 radical (unpaired) electrons. The lowest BCUT2D eigenvalue weighted by molar-refractivity contribution is 0.807. The number of aryl methyl sites for hydroxylation is 1. The molecule has 1 heterocycles. The first-order chi connectivity index (χ1) is 8.54. The Morgan fingerprint density at radius 2 is 2.00 bits per heavy atom. The van der Waals surface area contributed by atoms with Gasteiger partial charge in [-0.05, 0) is 67.0 Å². The number of hydrogen-bond donors (Lipinski definition) is 1. The summed E-state index contributed by atoms with van der Waals surface area (Å²) in [6, 6.07) is 6.37. The molecule has 96 valence electrons. The Morgan fingerprint density at radius 3 is 2.50 bits per heavy atom. The third-order valence-corrected chi connectivity index (χ3v) is 3.91. The molecule has 2 aromatic rings. The zero-order valence-corrected chi connectivity index (χ0v) is 12.8. The lowest BCUT2D eigenvalue weighted by atomic mass is 10.2. The predicted octanol–water partition coefficient (Wildman–Crippen LogP) is 3.28. The second-order valence-corrected chi connectivity index (χ2v) is 5.38. The fraction of sp³-hybridized carbons (Fsp3) is 0.357. The van der Waals surface area contributed by atoms with E-state index in [-0.39, 0.29) is 0 Å². The average Bonchev–Trinajstić information content (AvgIpc) is 2.58. The monoisotopic (exact) mass is 307 g/mol. The van der Waals surface area contributed by atoms with E-state index >= 15 is 0 Å². The van der Waals surface area contributed by atoms with Gasteiger partial charge in [0.15, 0.2) is 0 Å². The van der Waals surface area contributed by atoms with Crippen LogP contribution in [-0.4, -0.2) is 16.8 Å². The van der Waals surface area contributed by atoms with E-state index in [1.54, 1.807) is 0 Å². The van der Waals surface area contributed by atoms with Gasteiger partial charge in [-0.25, -0.2) is 4.68 Å². The van der Waals surface area contributed by atoms with Crippen LogP contribution in [0, 0.1) is 20.8 Å². The first-order valence-corrected chi connectivity index (χ1v) is 6.80. The van der Waals surface area contributed by atoms with Crippen molar-refractivity contribution in [3.63, 3.8) is 0 Å². The molecule has 0 bridgehead atoms. The van der Waals surface area contributed by atoms with Crippen molar-refractivity contribution in [1.82, 2.24) is 15.1 Å². The summed E-state index contributed by atoms with van der Waals surface area (Å²) < 4.78 is 3.07. The highest BCUT2D eigenvalue weighted by Crippen LogP contribution is 2.25. The standard InChI is InChI=1S/C14H18BrN3/c1-9-10(2)17-18(11(9)3)14-6-5-12(8-16-4)7-13(14)15/h5-7,16H,8H2,1-4H3. The molecular weight excluding hydrogens is 290 g/mol. The van der Waals surface area contributed by atoms with E-state index in [4.69, 9.17) is 0 Å². The fourth-order valence-electron chi connectivity index (χ4n) is 1.99. The summed E-state index contributed by atoms with van der Waals surface area (Å²) in [6.45, 7) is 7.12. The van der Waals surface area contributed by atoms with E-state index in [1.165, 1.54) is 16.8 Å². The summed E-state index contributed by atoms with van der Waals surface area (Å²) in [5.41, 5.74) is 5.87. The van der Waals surface area contributed by atoms with Crippen LogP contribution in [-0.2, 0) is 6.54 Å². The Kier molecular flexibility index (Phi) is 3.88. The van der Waals surface area contributed by atoms with Crippen molar-refractivity contribution in [3.8, 4) is 5.69 Å². The molecule has 0 amide bonds. The van der Waals surface area contributed by atoms with Gasteiger partial charge in [0.25, 0.3) is 0 Å². The molecular formula is C14H18BrN3. The highest BCUT2D eigenvalue weighted by atomic mass is 79.9. The topological polar surface area (TPSA) is 29.9 Å². The van der Waals surface area contributed by atoms with E-state index in [0.717, 1.165) is 22.4 Å². The molecule has 0 unspecified atom stereocenters. The summed E-state index contributed by atoms with van der Waals surface area (Å²) in [4.78, 5) is 0. The second kappa shape index (κ2) is 5.24. The van der Waals surface area contributed by atoms with Gasteiger partial charge in [-0.3, -0.25) is 0 Å². The normalized spacial score (nSPS) is 10.9.